The number of carbonyl (C=O) groups is 1. The van der Waals surface area contributed by atoms with Crippen LogP contribution in [0.25, 0.3) is 0 Å². The second-order valence-electron chi connectivity index (χ2n) is 4.44. The summed E-state index contributed by atoms with van der Waals surface area (Å²) in [6, 6.07) is 3.51. The van der Waals surface area contributed by atoms with E-state index in [2.05, 4.69) is 5.10 Å². The van der Waals surface area contributed by atoms with Crippen LogP contribution in [-0.2, 0) is 24.9 Å². The van der Waals surface area contributed by atoms with E-state index in [9.17, 15) is 4.79 Å². The van der Waals surface area contributed by atoms with Crippen LogP contribution in [0.3, 0.4) is 0 Å². The number of aryl methyl sites for hydroxylation is 3. The largest absolute Gasteiger partial charge is 0.455 e. The van der Waals surface area contributed by atoms with Crippen molar-refractivity contribution < 1.29 is 9.53 Å². The Labute approximate surface area is 111 Å². The molecule has 0 aliphatic rings. The maximum absolute atomic E-state index is 11.9. The molecule has 0 unspecified atom stereocenters. The summed E-state index contributed by atoms with van der Waals surface area (Å²) < 4.78 is 8.76. The zero-order valence-electron chi connectivity index (χ0n) is 11.4. The van der Waals surface area contributed by atoms with Crippen LogP contribution in [0.15, 0.2) is 18.3 Å². The minimum atomic E-state index is -0.388. The molecule has 0 aliphatic carbocycles. The van der Waals surface area contributed by atoms with Gasteiger partial charge in [-0.1, -0.05) is 0 Å². The summed E-state index contributed by atoms with van der Waals surface area (Å²) in [6.07, 6.45) is 1.68. The number of nitrogens with zero attached hydrogens (tertiary/aromatic N) is 3. The number of ether oxygens (including phenoxy) is 1. The van der Waals surface area contributed by atoms with Gasteiger partial charge < -0.3 is 15.0 Å². The lowest BCUT2D eigenvalue weighted by molar-refractivity contribution is 0.0451. The van der Waals surface area contributed by atoms with Gasteiger partial charge in [-0.2, -0.15) is 5.10 Å². The number of nitrogen functional groups attached to an aromatic ring is 1. The first-order chi connectivity index (χ1) is 9.01. The highest BCUT2D eigenvalue weighted by Crippen LogP contribution is 2.12. The molecule has 2 aromatic rings. The molecular formula is C13H18N4O2. The fraction of sp³-hybridized carbons (Fsp3) is 0.385. The molecule has 0 spiro atoms. The molecule has 0 aromatic carbocycles. The van der Waals surface area contributed by atoms with Crippen molar-refractivity contribution in [3.63, 3.8) is 0 Å². The SMILES string of the molecule is CCn1nc(C)cc1COC(=O)c1cc(N)cn1C. The molecule has 0 fully saturated rings. The molecule has 0 aliphatic heterocycles. The minimum Gasteiger partial charge on any atom is -0.455 e. The lowest BCUT2D eigenvalue weighted by Crippen LogP contribution is -2.12. The molecule has 0 amide bonds. The first-order valence-electron chi connectivity index (χ1n) is 6.13. The van der Waals surface area contributed by atoms with Crippen molar-refractivity contribution in [2.75, 3.05) is 5.73 Å². The highest BCUT2D eigenvalue weighted by atomic mass is 16.5. The van der Waals surface area contributed by atoms with Gasteiger partial charge in [0.1, 0.15) is 12.3 Å². The third-order valence-corrected chi connectivity index (χ3v) is 2.87. The number of anilines is 1. The van der Waals surface area contributed by atoms with E-state index in [0.29, 0.717) is 11.4 Å². The third kappa shape index (κ3) is 2.78. The molecule has 6 heteroatoms. The molecule has 0 atom stereocenters. The van der Waals surface area contributed by atoms with Crippen LogP contribution >= 0.6 is 0 Å². The monoisotopic (exact) mass is 262 g/mol. The fourth-order valence-electron chi connectivity index (χ4n) is 2.00. The van der Waals surface area contributed by atoms with E-state index in [0.717, 1.165) is 17.9 Å². The van der Waals surface area contributed by atoms with Crippen LogP contribution in [0.2, 0.25) is 0 Å². The van der Waals surface area contributed by atoms with Gasteiger partial charge in [0, 0.05) is 19.8 Å². The average molecular weight is 262 g/mol. The maximum Gasteiger partial charge on any atom is 0.355 e. The molecule has 2 aromatic heterocycles. The van der Waals surface area contributed by atoms with Crippen LogP contribution in [-0.4, -0.2) is 20.3 Å². The van der Waals surface area contributed by atoms with E-state index >= 15 is 0 Å². The number of hydrogen-bond acceptors (Lipinski definition) is 4. The van der Waals surface area contributed by atoms with Gasteiger partial charge >= 0.3 is 5.97 Å². The Morgan fingerprint density at radius 3 is 2.79 bits per heavy atom. The van der Waals surface area contributed by atoms with Crippen molar-refractivity contribution in [2.45, 2.75) is 27.0 Å². The van der Waals surface area contributed by atoms with Crippen LogP contribution in [0.4, 0.5) is 5.69 Å². The summed E-state index contributed by atoms with van der Waals surface area (Å²) in [6.45, 7) is 4.86. The Morgan fingerprint density at radius 2 is 2.21 bits per heavy atom. The van der Waals surface area contributed by atoms with Gasteiger partial charge in [0.25, 0.3) is 0 Å². The predicted octanol–water partition coefficient (Wildman–Crippen LogP) is 1.49. The average Bonchev–Trinajstić information content (AvgIpc) is 2.88. The zero-order valence-corrected chi connectivity index (χ0v) is 11.4. The fourth-order valence-corrected chi connectivity index (χ4v) is 2.00. The number of hydrogen-bond donors (Lipinski definition) is 1. The van der Waals surface area contributed by atoms with Gasteiger partial charge in [0.05, 0.1) is 17.1 Å². The molecule has 0 radical (unpaired) electrons. The summed E-state index contributed by atoms with van der Waals surface area (Å²) >= 11 is 0. The number of rotatable bonds is 4. The molecule has 2 N–H and O–H groups in total. The molecule has 2 rings (SSSR count). The van der Waals surface area contributed by atoms with Crippen molar-refractivity contribution in [1.29, 1.82) is 0 Å². The van der Waals surface area contributed by atoms with E-state index in [1.54, 1.807) is 23.9 Å². The Kier molecular flexibility index (Phi) is 3.59. The van der Waals surface area contributed by atoms with Gasteiger partial charge in [-0.05, 0) is 26.0 Å². The molecule has 0 bridgehead atoms. The van der Waals surface area contributed by atoms with E-state index in [1.807, 2.05) is 24.6 Å². The summed E-state index contributed by atoms with van der Waals surface area (Å²) in [5.74, 6) is -0.388. The van der Waals surface area contributed by atoms with Crippen LogP contribution in [0.5, 0.6) is 0 Å². The van der Waals surface area contributed by atoms with Crippen LogP contribution < -0.4 is 5.73 Å². The van der Waals surface area contributed by atoms with Crippen molar-refractivity contribution >= 4 is 11.7 Å². The molecule has 19 heavy (non-hydrogen) atoms. The molecular weight excluding hydrogens is 244 g/mol. The number of aromatic nitrogens is 3. The second kappa shape index (κ2) is 5.17. The highest BCUT2D eigenvalue weighted by Gasteiger charge is 2.14. The van der Waals surface area contributed by atoms with E-state index in [-0.39, 0.29) is 12.6 Å². The van der Waals surface area contributed by atoms with Gasteiger partial charge in [-0.3, -0.25) is 4.68 Å². The summed E-state index contributed by atoms with van der Waals surface area (Å²) in [5.41, 5.74) is 8.42. The Hall–Kier alpha value is -2.24. The summed E-state index contributed by atoms with van der Waals surface area (Å²) in [4.78, 5) is 11.9. The summed E-state index contributed by atoms with van der Waals surface area (Å²) in [7, 11) is 1.76. The van der Waals surface area contributed by atoms with Gasteiger partial charge in [-0.15, -0.1) is 0 Å². The quantitative estimate of drug-likeness (QED) is 0.847. The molecule has 0 saturated carbocycles. The van der Waals surface area contributed by atoms with Gasteiger partial charge in [0.2, 0.25) is 0 Å². The first-order valence-corrected chi connectivity index (χ1v) is 6.13. The molecule has 2 heterocycles. The Balaban J connectivity index is 2.06. The van der Waals surface area contributed by atoms with Crippen LogP contribution in [0, 0.1) is 6.92 Å². The van der Waals surface area contributed by atoms with Gasteiger partial charge in [-0.25, -0.2) is 4.79 Å². The lowest BCUT2D eigenvalue weighted by atomic mass is 10.4. The van der Waals surface area contributed by atoms with E-state index in [4.69, 9.17) is 10.5 Å². The standard InChI is InChI=1S/C13H18N4O2/c1-4-17-11(5-9(2)15-17)8-19-13(18)12-6-10(14)7-16(12)3/h5-7H,4,8,14H2,1-3H3. The lowest BCUT2D eigenvalue weighted by Gasteiger charge is -2.06. The van der Waals surface area contributed by atoms with Crippen molar-refractivity contribution in [2.24, 2.45) is 7.05 Å². The molecule has 6 nitrogen and oxygen atoms in total. The van der Waals surface area contributed by atoms with E-state index in [1.165, 1.54) is 0 Å². The first kappa shape index (κ1) is 13.2. The van der Waals surface area contributed by atoms with E-state index < -0.39 is 0 Å². The third-order valence-electron chi connectivity index (χ3n) is 2.87. The second-order valence-corrected chi connectivity index (χ2v) is 4.44. The smallest absolute Gasteiger partial charge is 0.355 e. The minimum absolute atomic E-state index is 0.207. The highest BCUT2D eigenvalue weighted by molar-refractivity contribution is 5.89. The molecule has 102 valence electrons. The molecule has 0 saturated heterocycles. The summed E-state index contributed by atoms with van der Waals surface area (Å²) in [5, 5.41) is 4.30. The maximum atomic E-state index is 11.9. The topological polar surface area (TPSA) is 75.1 Å². The van der Waals surface area contributed by atoms with Gasteiger partial charge in [0.15, 0.2) is 0 Å². The predicted molar refractivity (Wildman–Crippen MR) is 71.6 cm³/mol. The normalized spacial score (nSPS) is 10.7. The van der Waals surface area contributed by atoms with Crippen LogP contribution in [0.1, 0.15) is 28.8 Å². The number of esters is 1. The Morgan fingerprint density at radius 1 is 1.47 bits per heavy atom. The number of carbonyl (C=O) groups excluding carboxylic acids is 1. The Bertz CT molecular complexity index is 598. The zero-order chi connectivity index (χ0) is 14.0. The van der Waals surface area contributed by atoms with Crippen molar-refractivity contribution in [1.82, 2.24) is 14.3 Å². The van der Waals surface area contributed by atoms with Crippen molar-refractivity contribution in [3.8, 4) is 0 Å². The number of nitrogens with two attached hydrogens (primary N) is 1. The van der Waals surface area contributed by atoms with Crippen molar-refractivity contribution in [3.05, 3.63) is 35.4 Å².